The molecule has 0 atom stereocenters. The topological polar surface area (TPSA) is 90.4 Å². The fourth-order valence-corrected chi connectivity index (χ4v) is 5.03. The van der Waals surface area contributed by atoms with Crippen LogP contribution in [0.2, 0.25) is 0 Å². The summed E-state index contributed by atoms with van der Waals surface area (Å²) in [7, 11) is 0. The third-order valence-electron chi connectivity index (χ3n) is 7.48. The predicted octanol–water partition coefficient (Wildman–Crippen LogP) is 5.42. The summed E-state index contributed by atoms with van der Waals surface area (Å²) in [5, 5.41) is 0. The molecule has 0 spiro atoms. The highest BCUT2D eigenvalue weighted by atomic mass is 16.7. The Morgan fingerprint density at radius 1 is 0.535 bits per heavy atom. The first-order valence-electron chi connectivity index (χ1n) is 14.4. The number of pyridine rings is 2. The molecule has 0 unspecified atom stereocenters. The third kappa shape index (κ3) is 7.76. The average Bonchev–Trinajstić information content (AvgIpc) is 3.09. The van der Waals surface area contributed by atoms with Gasteiger partial charge in [0.25, 0.3) is 0 Å². The number of hydrogen-bond donors (Lipinski definition) is 0. The molecule has 0 saturated carbocycles. The first kappa shape index (κ1) is 29.2. The van der Waals surface area contributed by atoms with Gasteiger partial charge in [0.1, 0.15) is 24.7 Å². The highest BCUT2D eigenvalue weighted by molar-refractivity contribution is 5.19. The van der Waals surface area contributed by atoms with Gasteiger partial charge in [-0.1, -0.05) is 60.7 Å². The van der Waals surface area contributed by atoms with Gasteiger partial charge in [0.2, 0.25) is 0 Å². The molecule has 0 aliphatic carbocycles. The summed E-state index contributed by atoms with van der Waals surface area (Å²) in [6.07, 6.45) is 5.93. The lowest BCUT2D eigenvalue weighted by molar-refractivity contribution is -0.265. The van der Waals surface area contributed by atoms with Crippen molar-refractivity contribution in [1.29, 1.82) is 0 Å². The van der Waals surface area contributed by atoms with Crippen molar-refractivity contribution in [2.24, 2.45) is 10.8 Å². The summed E-state index contributed by atoms with van der Waals surface area (Å²) in [6, 6.07) is 27.3. The molecule has 4 heterocycles. The number of benzene rings is 2. The molecular weight excluding hydrogens is 548 g/mol. The lowest BCUT2D eigenvalue weighted by Crippen LogP contribution is -2.50. The van der Waals surface area contributed by atoms with Crippen LogP contribution in [0.5, 0.6) is 11.5 Å². The molecule has 9 nitrogen and oxygen atoms in total. The molecule has 224 valence electrons. The summed E-state index contributed by atoms with van der Waals surface area (Å²) < 4.78 is 43.7. The average molecular weight is 585 g/mol. The Morgan fingerprint density at radius 2 is 0.953 bits per heavy atom. The Bertz CT molecular complexity index is 1260. The molecule has 2 aromatic heterocycles. The molecule has 2 aliphatic heterocycles. The lowest BCUT2D eigenvalue weighted by Gasteiger charge is -2.42. The van der Waals surface area contributed by atoms with Crippen molar-refractivity contribution >= 4 is 0 Å². The van der Waals surface area contributed by atoms with E-state index in [0.29, 0.717) is 64.4 Å². The molecule has 2 aliphatic rings. The van der Waals surface area contributed by atoms with E-state index in [9.17, 15) is 0 Å². The van der Waals surface area contributed by atoms with Gasteiger partial charge in [0.15, 0.2) is 12.6 Å². The van der Waals surface area contributed by atoms with Crippen LogP contribution in [0.4, 0.5) is 0 Å². The van der Waals surface area contributed by atoms with Gasteiger partial charge in [-0.15, -0.1) is 0 Å². The van der Waals surface area contributed by atoms with Crippen LogP contribution in [-0.2, 0) is 23.7 Å². The monoisotopic (exact) mass is 584 g/mol. The van der Waals surface area contributed by atoms with Gasteiger partial charge in [-0.05, 0) is 24.3 Å². The summed E-state index contributed by atoms with van der Waals surface area (Å²) in [4.78, 5) is 8.33. The maximum absolute atomic E-state index is 6.47. The van der Waals surface area contributed by atoms with Gasteiger partial charge >= 0.3 is 0 Å². The highest BCUT2D eigenvalue weighted by Crippen LogP contribution is 2.36. The molecule has 0 N–H and O–H groups in total. The summed E-state index contributed by atoms with van der Waals surface area (Å²) in [5.41, 5.74) is 0.854. The van der Waals surface area contributed by atoms with E-state index in [1.165, 1.54) is 0 Å². The predicted molar refractivity (Wildman–Crippen MR) is 157 cm³/mol. The zero-order chi connectivity index (χ0) is 29.2. The Hall–Kier alpha value is -3.86. The van der Waals surface area contributed by atoms with Gasteiger partial charge in [-0.2, -0.15) is 0 Å². The molecule has 43 heavy (non-hydrogen) atoms. The minimum Gasteiger partial charge on any atom is -0.491 e. The fourth-order valence-electron chi connectivity index (χ4n) is 5.03. The van der Waals surface area contributed by atoms with Crippen molar-refractivity contribution in [2.45, 2.75) is 12.6 Å². The Kier molecular flexibility index (Phi) is 9.56. The van der Waals surface area contributed by atoms with E-state index in [-0.39, 0.29) is 0 Å². The zero-order valence-corrected chi connectivity index (χ0v) is 24.0. The van der Waals surface area contributed by atoms with E-state index in [1.54, 1.807) is 24.8 Å². The zero-order valence-electron chi connectivity index (χ0n) is 24.0. The van der Waals surface area contributed by atoms with Crippen molar-refractivity contribution in [3.8, 4) is 11.5 Å². The van der Waals surface area contributed by atoms with E-state index < -0.39 is 23.4 Å². The van der Waals surface area contributed by atoms with Crippen LogP contribution in [0.25, 0.3) is 0 Å². The molecule has 0 bridgehead atoms. The van der Waals surface area contributed by atoms with Gasteiger partial charge in [0.05, 0.1) is 62.9 Å². The molecule has 4 aromatic rings. The van der Waals surface area contributed by atoms with Crippen LogP contribution in [0.15, 0.2) is 110 Å². The Morgan fingerprint density at radius 3 is 1.33 bits per heavy atom. The van der Waals surface area contributed by atoms with E-state index in [2.05, 4.69) is 9.97 Å². The molecule has 9 heteroatoms. The Labute approximate surface area is 251 Å². The van der Waals surface area contributed by atoms with Gasteiger partial charge in [-0.3, -0.25) is 9.97 Å². The molecule has 2 fully saturated rings. The summed E-state index contributed by atoms with van der Waals surface area (Å²) in [6.45, 7) is 2.94. The number of ether oxygens (including phenoxy) is 7. The van der Waals surface area contributed by atoms with E-state index in [1.807, 2.05) is 84.9 Å². The van der Waals surface area contributed by atoms with Gasteiger partial charge in [-0.25, -0.2) is 0 Å². The molecule has 2 saturated heterocycles. The van der Waals surface area contributed by atoms with E-state index >= 15 is 0 Å². The van der Waals surface area contributed by atoms with Crippen LogP contribution in [0.3, 0.4) is 0 Å². The second kappa shape index (κ2) is 14.1. The van der Waals surface area contributed by atoms with Crippen LogP contribution in [0, 0.1) is 10.8 Å². The fraction of sp³-hybridized carbons (Fsp3) is 0.353. The van der Waals surface area contributed by atoms with E-state index in [4.69, 9.17) is 33.2 Å². The largest absolute Gasteiger partial charge is 0.491 e. The number of aromatic nitrogens is 2. The molecular formula is C34H36N2O7. The first-order valence-corrected chi connectivity index (χ1v) is 14.4. The van der Waals surface area contributed by atoms with Crippen LogP contribution in [0.1, 0.15) is 23.7 Å². The maximum atomic E-state index is 6.47. The second-order valence-corrected chi connectivity index (χ2v) is 11.2. The van der Waals surface area contributed by atoms with E-state index in [0.717, 1.165) is 11.1 Å². The summed E-state index contributed by atoms with van der Waals surface area (Å²) in [5.74, 6) is 1.35. The Balaban J connectivity index is 1.13. The van der Waals surface area contributed by atoms with Crippen LogP contribution in [-0.4, -0.2) is 62.8 Å². The highest BCUT2D eigenvalue weighted by Gasteiger charge is 2.42. The minimum atomic E-state index is -0.546. The maximum Gasteiger partial charge on any atom is 0.183 e. The summed E-state index contributed by atoms with van der Waals surface area (Å²) >= 11 is 0. The first-order chi connectivity index (χ1) is 21.2. The normalized spacial score (nSPS) is 25.6. The van der Waals surface area contributed by atoms with Crippen LogP contribution < -0.4 is 9.47 Å². The third-order valence-corrected chi connectivity index (χ3v) is 7.48. The lowest BCUT2D eigenvalue weighted by atomic mass is 9.89. The van der Waals surface area contributed by atoms with Crippen LogP contribution >= 0.6 is 0 Å². The number of hydrogen-bond acceptors (Lipinski definition) is 9. The standard InChI is InChI=1S/C34H36N2O7/c1-3-9-27(10-4-1)31-40-23-33(24-41-31,21-38-29-13-7-15-35-17-29)19-37-20-34(22-39-30-14-8-16-36-18-30)25-42-32(43-26-34)28-11-5-2-6-12-28/h1-18,31-32H,19-26H2. The molecule has 6 rings (SSSR count). The molecule has 0 radical (unpaired) electrons. The van der Waals surface area contributed by atoms with Crippen molar-refractivity contribution in [1.82, 2.24) is 9.97 Å². The second-order valence-electron chi connectivity index (χ2n) is 11.2. The smallest absolute Gasteiger partial charge is 0.183 e. The van der Waals surface area contributed by atoms with Crippen molar-refractivity contribution < 1.29 is 33.2 Å². The minimum absolute atomic E-state index is 0.336. The van der Waals surface area contributed by atoms with Crippen molar-refractivity contribution in [2.75, 3.05) is 52.9 Å². The SMILES string of the molecule is c1ccc(C2OCC(COCC3(COc4cccnc4)COC(c4ccccc4)OC3)(COc3cccnc3)CO2)cc1. The number of rotatable bonds is 12. The van der Waals surface area contributed by atoms with Gasteiger partial charge < -0.3 is 33.2 Å². The number of nitrogens with zero attached hydrogens (tertiary/aromatic N) is 2. The van der Waals surface area contributed by atoms with Crippen molar-refractivity contribution in [3.63, 3.8) is 0 Å². The molecule has 2 aromatic carbocycles. The van der Waals surface area contributed by atoms with Crippen molar-refractivity contribution in [3.05, 3.63) is 121 Å². The molecule has 0 amide bonds. The van der Waals surface area contributed by atoms with Gasteiger partial charge in [0, 0.05) is 23.5 Å². The quantitative estimate of drug-likeness (QED) is 0.217.